The SMILES string of the molecule is COc1ccc(C(=O)NCCCCCCN2CCN(C)C2=[N-])cc1. The zero-order valence-electron chi connectivity index (χ0n) is 14.6. The standard InChI is InChI=1S/C18H27N4O2/c1-21-13-14-22(18(21)19)12-6-4-3-5-11-20-17(23)15-7-9-16(24-2)10-8-15/h7-10H,3-6,11-14H2,1-2H3,(H,20,23)/q-1. The zero-order chi connectivity index (χ0) is 17.4. The molecule has 1 amide bonds. The van der Waals surface area contributed by atoms with Gasteiger partial charge in [0, 0.05) is 18.1 Å². The minimum atomic E-state index is -0.0442. The lowest BCUT2D eigenvalue weighted by atomic mass is 10.1. The lowest BCUT2D eigenvalue weighted by molar-refractivity contribution is 0.0953. The number of carbonyl (C=O) groups excluding carboxylic acids is 1. The van der Waals surface area contributed by atoms with E-state index in [0.717, 1.165) is 51.1 Å². The van der Waals surface area contributed by atoms with Crippen LogP contribution in [0.5, 0.6) is 5.75 Å². The third-order valence-corrected chi connectivity index (χ3v) is 4.32. The van der Waals surface area contributed by atoms with E-state index in [1.165, 1.54) is 0 Å². The van der Waals surface area contributed by atoms with E-state index in [0.29, 0.717) is 18.1 Å². The quantitative estimate of drug-likeness (QED) is 0.704. The fraction of sp³-hybridized carbons (Fsp3) is 0.556. The van der Waals surface area contributed by atoms with Crippen LogP contribution in [0.15, 0.2) is 24.3 Å². The number of benzene rings is 1. The number of hydrogen-bond acceptors (Lipinski definition) is 2. The highest BCUT2D eigenvalue weighted by atomic mass is 16.5. The highest BCUT2D eigenvalue weighted by Crippen LogP contribution is 2.11. The molecule has 0 atom stereocenters. The maximum absolute atomic E-state index is 12.0. The molecule has 6 nitrogen and oxygen atoms in total. The third-order valence-electron chi connectivity index (χ3n) is 4.32. The fourth-order valence-electron chi connectivity index (χ4n) is 2.75. The highest BCUT2D eigenvalue weighted by molar-refractivity contribution is 5.94. The van der Waals surface area contributed by atoms with Gasteiger partial charge < -0.3 is 25.3 Å². The van der Waals surface area contributed by atoms with Crippen molar-refractivity contribution in [2.24, 2.45) is 0 Å². The molecule has 1 N–H and O–H groups in total. The summed E-state index contributed by atoms with van der Waals surface area (Å²) in [7, 11) is 3.51. The number of likely N-dealkylation sites (N-methyl/N-ethyl adjacent to an activating group) is 1. The van der Waals surface area contributed by atoms with Gasteiger partial charge in [0.25, 0.3) is 5.91 Å². The van der Waals surface area contributed by atoms with Crippen molar-refractivity contribution in [3.63, 3.8) is 0 Å². The van der Waals surface area contributed by atoms with Crippen molar-refractivity contribution < 1.29 is 9.53 Å². The van der Waals surface area contributed by atoms with Gasteiger partial charge in [-0.05, 0) is 63.8 Å². The molecule has 1 fully saturated rings. The molecular formula is C18H27N4O2-. The average Bonchev–Trinajstić information content (AvgIpc) is 2.93. The molecule has 0 aliphatic carbocycles. The van der Waals surface area contributed by atoms with Crippen LogP contribution in [0.25, 0.3) is 5.41 Å². The number of guanidine groups is 1. The molecule has 1 aromatic rings. The van der Waals surface area contributed by atoms with E-state index in [4.69, 9.17) is 4.74 Å². The molecule has 0 unspecified atom stereocenters. The number of nitrogens with one attached hydrogen (secondary N) is 1. The molecule has 1 saturated heterocycles. The first-order chi connectivity index (χ1) is 11.6. The molecule has 1 aromatic carbocycles. The van der Waals surface area contributed by atoms with Gasteiger partial charge in [-0.3, -0.25) is 4.79 Å². The Balaban J connectivity index is 1.53. The number of nitrogens with zero attached hydrogens (tertiary/aromatic N) is 3. The first kappa shape index (κ1) is 18.1. The Morgan fingerprint density at radius 1 is 1.17 bits per heavy atom. The Morgan fingerprint density at radius 3 is 2.50 bits per heavy atom. The second kappa shape index (κ2) is 9.15. The van der Waals surface area contributed by atoms with Gasteiger partial charge >= 0.3 is 0 Å². The molecule has 132 valence electrons. The Hall–Kier alpha value is -2.24. The summed E-state index contributed by atoms with van der Waals surface area (Å²) in [5, 5.41) is 12.8. The highest BCUT2D eigenvalue weighted by Gasteiger charge is 2.11. The van der Waals surface area contributed by atoms with Crippen LogP contribution in [0.4, 0.5) is 0 Å². The van der Waals surface area contributed by atoms with Gasteiger partial charge in [0.15, 0.2) is 0 Å². The van der Waals surface area contributed by atoms with Crippen molar-refractivity contribution in [3.8, 4) is 5.75 Å². The molecular weight excluding hydrogens is 304 g/mol. The van der Waals surface area contributed by atoms with E-state index in [1.807, 2.05) is 16.8 Å². The van der Waals surface area contributed by atoms with Crippen LogP contribution in [-0.2, 0) is 0 Å². The number of ether oxygens (including phenoxy) is 1. The number of methoxy groups -OCH3 is 1. The molecule has 0 spiro atoms. The number of amides is 1. The molecule has 1 heterocycles. The summed E-state index contributed by atoms with van der Waals surface area (Å²) in [4.78, 5) is 15.9. The van der Waals surface area contributed by atoms with E-state index in [9.17, 15) is 10.2 Å². The Morgan fingerprint density at radius 2 is 1.88 bits per heavy atom. The van der Waals surface area contributed by atoms with Crippen molar-refractivity contribution in [1.29, 1.82) is 0 Å². The van der Waals surface area contributed by atoms with Gasteiger partial charge in [-0.15, -0.1) is 0 Å². The zero-order valence-corrected chi connectivity index (χ0v) is 14.6. The Labute approximate surface area is 144 Å². The van der Waals surface area contributed by atoms with E-state index in [1.54, 1.807) is 31.4 Å². The molecule has 0 bridgehead atoms. The summed E-state index contributed by atoms with van der Waals surface area (Å²) >= 11 is 0. The van der Waals surface area contributed by atoms with Gasteiger partial charge in [0.1, 0.15) is 5.75 Å². The third kappa shape index (κ3) is 5.15. The van der Waals surface area contributed by atoms with Crippen molar-refractivity contribution in [3.05, 3.63) is 35.2 Å². The van der Waals surface area contributed by atoms with Gasteiger partial charge in [-0.25, -0.2) is 0 Å². The Kier molecular flexibility index (Phi) is 6.90. The first-order valence-electron chi connectivity index (χ1n) is 8.56. The predicted octanol–water partition coefficient (Wildman–Crippen LogP) is 2.16. The minimum Gasteiger partial charge on any atom is -0.497 e. The van der Waals surface area contributed by atoms with Crippen molar-refractivity contribution >= 4 is 11.9 Å². The molecule has 1 aliphatic heterocycles. The van der Waals surface area contributed by atoms with E-state index >= 15 is 0 Å². The molecule has 6 heteroatoms. The normalized spacial score (nSPS) is 14.2. The van der Waals surface area contributed by atoms with Gasteiger partial charge in [-0.2, -0.15) is 0 Å². The lowest BCUT2D eigenvalue weighted by Crippen LogP contribution is -2.30. The van der Waals surface area contributed by atoms with Crippen LogP contribution in [0.1, 0.15) is 36.0 Å². The van der Waals surface area contributed by atoms with Crippen LogP contribution in [0, 0.1) is 0 Å². The summed E-state index contributed by atoms with van der Waals surface area (Å²) in [6.07, 6.45) is 4.21. The van der Waals surface area contributed by atoms with E-state index in [-0.39, 0.29) is 5.91 Å². The molecule has 1 aliphatic rings. The number of rotatable bonds is 9. The van der Waals surface area contributed by atoms with Crippen molar-refractivity contribution in [2.45, 2.75) is 25.7 Å². The Bertz CT molecular complexity index is 544. The molecule has 24 heavy (non-hydrogen) atoms. The number of unbranched alkanes of at least 4 members (excludes halogenated alkanes) is 3. The average molecular weight is 331 g/mol. The van der Waals surface area contributed by atoms with Crippen LogP contribution in [-0.4, -0.2) is 62.0 Å². The summed E-state index contributed by atoms with van der Waals surface area (Å²) in [6, 6.07) is 7.11. The maximum atomic E-state index is 12.0. The molecule has 0 radical (unpaired) electrons. The van der Waals surface area contributed by atoms with Crippen molar-refractivity contribution in [2.75, 3.05) is 40.3 Å². The predicted molar refractivity (Wildman–Crippen MR) is 96.4 cm³/mol. The lowest BCUT2D eigenvalue weighted by Gasteiger charge is -2.27. The molecule has 2 rings (SSSR count). The number of hydrogen-bond donors (Lipinski definition) is 1. The second-order valence-corrected chi connectivity index (χ2v) is 6.11. The summed E-state index contributed by atoms with van der Waals surface area (Å²) in [6.45, 7) is 3.38. The maximum Gasteiger partial charge on any atom is 0.251 e. The monoisotopic (exact) mass is 331 g/mol. The van der Waals surface area contributed by atoms with E-state index < -0.39 is 0 Å². The van der Waals surface area contributed by atoms with Gasteiger partial charge in [-0.1, -0.05) is 12.8 Å². The first-order valence-corrected chi connectivity index (χ1v) is 8.56. The largest absolute Gasteiger partial charge is 0.497 e. The van der Waals surface area contributed by atoms with Crippen LogP contribution in [0.3, 0.4) is 0 Å². The minimum absolute atomic E-state index is 0.0442. The van der Waals surface area contributed by atoms with Gasteiger partial charge in [0.2, 0.25) is 0 Å². The van der Waals surface area contributed by atoms with E-state index in [2.05, 4.69) is 5.32 Å². The summed E-state index contributed by atoms with van der Waals surface area (Å²) in [5.41, 5.74) is 0.653. The van der Waals surface area contributed by atoms with Crippen LogP contribution >= 0.6 is 0 Å². The molecule has 0 aromatic heterocycles. The fourth-order valence-corrected chi connectivity index (χ4v) is 2.75. The van der Waals surface area contributed by atoms with Crippen molar-refractivity contribution in [1.82, 2.24) is 15.1 Å². The summed E-state index contributed by atoms with van der Waals surface area (Å²) < 4.78 is 5.08. The van der Waals surface area contributed by atoms with Gasteiger partial charge in [0.05, 0.1) is 7.11 Å². The molecule has 0 saturated carbocycles. The van der Waals surface area contributed by atoms with Crippen LogP contribution < -0.4 is 10.1 Å². The summed E-state index contributed by atoms with van der Waals surface area (Å²) in [5.74, 6) is 1.10. The topological polar surface area (TPSA) is 67.1 Å². The smallest absolute Gasteiger partial charge is 0.251 e. The number of carbonyl (C=O) groups is 1. The van der Waals surface area contributed by atoms with Crippen LogP contribution in [0.2, 0.25) is 0 Å². The second-order valence-electron chi connectivity index (χ2n) is 6.11.